The van der Waals surface area contributed by atoms with Crippen LogP contribution in [0.3, 0.4) is 0 Å². The van der Waals surface area contributed by atoms with Crippen LogP contribution in [0.1, 0.15) is 55.2 Å². The number of aromatic carboxylic acids is 1. The molecule has 4 N–H and O–H groups in total. The number of nitrogens with zero attached hydrogens (tertiary/aromatic N) is 3. The summed E-state index contributed by atoms with van der Waals surface area (Å²) in [5.41, 5.74) is 4.10. The fourth-order valence-electron chi connectivity index (χ4n) is 8.62. The molecule has 14 nitrogen and oxygen atoms in total. The van der Waals surface area contributed by atoms with Crippen molar-refractivity contribution in [2.45, 2.75) is 26.2 Å². The zero-order valence-electron chi connectivity index (χ0n) is 36.0. The van der Waals surface area contributed by atoms with Gasteiger partial charge < -0.3 is 39.8 Å². The Kier molecular flexibility index (Phi) is 13.3. The minimum absolute atomic E-state index is 0.0303. The van der Waals surface area contributed by atoms with E-state index in [1.807, 2.05) is 19.1 Å². The second kappa shape index (κ2) is 19.4. The molecule has 0 atom stereocenters. The molecule has 0 spiro atoms. The number of piperazine rings is 1. The van der Waals surface area contributed by atoms with Crippen molar-refractivity contribution in [3.63, 3.8) is 0 Å². The standard InChI is InChI=1S/C50H48ClN5O9/c1-30-40(41-28-36(64-2)12-16-43(41)56(30)49(61)31-5-8-33(51)9-6-31)29-46(59)52-17-3-19-54-21-23-55(24-22-54)20-4-18-53-48(60)32-7-13-37(50(62)63)42(25-32)47-38-14-10-34(57)26-44(38)65-45-27-35(58)11-15-39(45)47/h5-16,25-28,57H,3-4,17-24,29H2,1-2H3,(H,52,59)(H,53,60)(H,62,63). The van der Waals surface area contributed by atoms with Gasteiger partial charge in [-0.2, -0.15) is 0 Å². The molecule has 3 aliphatic rings. The maximum Gasteiger partial charge on any atom is 0.336 e. The summed E-state index contributed by atoms with van der Waals surface area (Å²) in [5, 5.41) is 28.2. The van der Waals surface area contributed by atoms with Crippen LogP contribution in [0.2, 0.25) is 5.02 Å². The average molecular weight is 898 g/mol. The molecule has 0 unspecified atom stereocenters. The highest BCUT2D eigenvalue weighted by Crippen LogP contribution is 2.42. The van der Waals surface area contributed by atoms with E-state index < -0.39 is 5.97 Å². The molecule has 2 amide bonds. The highest BCUT2D eigenvalue weighted by atomic mass is 35.5. The molecule has 1 aliphatic carbocycles. The highest BCUT2D eigenvalue weighted by molar-refractivity contribution is 6.30. The predicted octanol–water partition coefficient (Wildman–Crippen LogP) is 7.07. The van der Waals surface area contributed by atoms with E-state index in [2.05, 4.69) is 20.4 Å². The van der Waals surface area contributed by atoms with Gasteiger partial charge in [0.1, 0.15) is 22.8 Å². The Bertz CT molecular complexity index is 2970. The third-order valence-corrected chi connectivity index (χ3v) is 12.3. The molecule has 0 radical (unpaired) electrons. The lowest BCUT2D eigenvalue weighted by Crippen LogP contribution is -2.47. The third-order valence-electron chi connectivity index (χ3n) is 12.0. The summed E-state index contributed by atoms with van der Waals surface area (Å²) in [5.74, 6) is -1.07. The van der Waals surface area contributed by atoms with Gasteiger partial charge >= 0.3 is 5.97 Å². The number of carbonyl (C=O) groups excluding carboxylic acids is 3. The van der Waals surface area contributed by atoms with Crippen LogP contribution in [0.5, 0.6) is 11.5 Å². The van der Waals surface area contributed by atoms with Gasteiger partial charge in [-0.25, -0.2) is 4.79 Å². The van der Waals surface area contributed by atoms with Gasteiger partial charge in [0.05, 0.1) is 24.6 Å². The van der Waals surface area contributed by atoms with Crippen molar-refractivity contribution in [2.24, 2.45) is 0 Å². The minimum atomic E-state index is -1.18. The number of carboxylic acids is 1. The number of benzene rings is 5. The number of nitrogens with one attached hydrogen (secondary N) is 2. The first-order chi connectivity index (χ1) is 31.4. The van der Waals surface area contributed by atoms with Crippen LogP contribution in [0.15, 0.2) is 106 Å². The number of halogens is 1. The molecule has 3 heterocycles. The van der Waals surface area contributed by atoms with E-state index in [0.717, 1.165) is 56.6 Å². The van der Waals surface area contributed by atoms with E-state index in [4.69, 9.17) is 20.8 Å². The number of carbonyl (C=O) groups is 4. The summed E-state index contributed by atoms with van der Waals surface area (Å²) < 4.78 is 13.0. The molecule has 1 fully saturated rings. The maximum absolute atomic E-state index is 13.6. The number of aromatic hydroxyl groups is 1. The lowest BCUT2D eigenvalue weighted by atomic mass is 9.89. The summed E-state index contributed by atoms with van der Waals surface area (Å²) >= 11 is 6.07. The Morgan fingerprint density at radius 3 is 2.15 bits per heavy atom. The number of amides is 2. The number of carboxylic acid groups (broad SMARTS) is 1. The molecule has 65 heavy (non-hydrogen) atoms. The first kappa shape index (κ1) is 44.6. The molecule has 0 bridgehead atoms. The number of fused-ring (bicyclic) bond motifs is 3. The summed E-state index contributed by atoms with van der Waals surface area (Å²) in [6.07, 6.45) is 1.62. The number of phenols is 1. The summed E-state index contributed by atoms with van der Waals surface area (Å²) in [6.45, 7) is 7.93. The molecule has 0 saturated carbocycles. The average Bonchev–Trinajstić information content (AvgIpc) is 3.57. The van der Waals surface area contributed by atoms with Gasteiger partial charge in [-0.05, 0) is 129 Å². The molecule has 8 rings (SSSR count). The van der Waals surface area contributed by atoms with Crippen LogP contribution < -0.4 is 20.8 Å². The lowest BCUT2D eigenvalue weighted by molar-refractivity contribution is -0.120. The largest absolute Gasteiger partial charge is 0.508 e. The number of phenolic OH excluding ortho intramolecular Hbond substituents is 1. The van der Waals surface area contributed by atoms with Crippen molar-refractivity contribution in [3.8, 4) is 33.9 Å². The highest BCUT2D eigenvalue weighted by Gasteiger charge is 2.25. The van der Waals surface area contributed by atoms with Gasteiger partial charge in [-0.15, -0.1) is 0 Å². The van der Waals surface area contributed by atoms with Gasteiger partial charge in [0.15, 0.2) is 5.43 Å². The number of hydrogen-bond acceptors (Lipinski definition) is 10. The monoisotopic (exact) mass is 897 g/mol. The number of hydrogen-bond donors (Lipinski definition) is 4. The number of methoxy groups -OCH3 is 1. The van der Waals surface area contributed by atoms with Gasteiger partial charge in [-0.1, -0.05) is 11.6 Å². The van der Waals surface area contributed by atoms with Crippen LogP contribution in [0.25, 0.3) is 44.3 Å². The lowest BCUT2D eigenvalue weighted by Gasteiger charge is -2.34. The van der Waals surface area contributed by atoms with Crippen molar-refractivity contribution >= 4 is 57.2 Å². The topological polar surface area (TPSA) is 184 Å². The van der Waals surface area contributed by atoms with Crippen molar-refractivity contribution in [3.05, 3.63) is 140 Å². The Morgan fingerprint density at radius 1 is 0.769 bits per heavy atom. The van der Waals surface area contributed by atoms with E-state index in [1.54, 1.807) is 60.2 Å². The van der Waals surface area contributed by atoms with E-state index >= 15 is 0 Å². The Balaban J connectivity index is 0.806. The van der Waals surface area contributed by atoms with Gasteiger partial charge in [0.25, 0.3) is 11.8 Å². The van der Waals surface area contributed by atoms with E-state index in [9.17, 15) is 34.2 Å². The van der Waals surface area contributed by atoms with Gasteiger partial charge in [-0.3, -0.25) is 23.7 Å². The smallest absolute Gasteiger partial charge is 0.336 e. The Morgan fingerprint density at radius 2 is 1.46 bits per heavy atom. The van der Waals surface area contributed by atoms with Crippen LogP contribution in [-0.2, 0) is 11.2 Å². The normalized spacial score (nSPS) is 13.3. The van der Waals surface area contributed by atoms with Crippen LogP contribution in [0, 0.1) is 6.92 Å². The van der Waals surface area contributed by atoms with E-state index in [1.165, 1.54) is 36.4 Å². The number of aromatic nitrogens is 1. The summed E-state index contributed by atoms with van der Waals surface area (Å²) in [7, 11) is 1.58. The summed E-state index contributed by atoms with van der Waals surface area (Å²) in [4.78, 5) is 69.7. The predicted molar refractivity (Wildman–Crippen MR) is 249 cm³/mol. The molecule has 1 aromatic heterocycles. The molecule has 334 valence electrons. The molecule has 5 aromatic rings. The zero-order chi connectivity index (χ0) is 45.8. The summed E-state index contributed by atoms with van der Waals surface area (Å²) in [6, 6.07) is 25.4. The van der Waals surface area contributed by atoms with E-state index in [-0.39, 0.29) is 63.4 Å². The van der Waals surface area contributed by atoms with E-state index in [0.29, 0.717) is 63.6 Å². The second-order valence-corrected chi connectivity index (χ2v) is 16.6. The molecular formula is C50H48ClN5O9. The zero-order valence-corrected chi connectivity index (χ0v) is 36.7. The fraction of sp³-hybridized carbons (Fsp3) is 0.260. The molecule has 1 saturated heterocycles. The molecular weight excluding hydrogens is 850 g/mol. The van der Waals surface area contributed by atoms with Crippen LogP contribution in [0.4, 0.5) is 0 Å². The van der Waals surface area contributed by atoms with Crippen molar-refractivity contribution in [1.29, 1.82) is 0 Å². The Labute approximate surface area is 379 Å². The van der Waals surface area contributed by atoms with Gasteiger partial charge in [0, 0.05) is 95.1 Å². The quantitative estimate of drug-likeness (QED) is 0.0610. The molecule has 15 heteroatoms. The van der Waals surface area contributed by atoms with Gasteiger partial charge in [0.2, 0.25) is 5.91 Å². The number of rotatable bonds is 15. The molecule has 2 aliphatic heterocycles. The van der Waals surface area contributed by atoms with Crippen molar-refractivity contribution in [2.75, 3.05) is 59.5 Å². The minimum Gasteiger partial charge on any atom is -0.508 e. The SMILES string of the molecule is COc1ccc2c(c1)c(CC(=O)NCCCN1CCN(CCCNC(=O)c3ccc(C(=O)O)c(-c4c5ccc(=O)cc-5oc5cc(O)ccc45)c3)CC1)c(C)n2C(=O)c1ccc(Cl)cc1. The first-order valence-electron chi connectivity index (χ1n) is 21.4. The third kappa shape index (κ3) is 9.75. The van der Waals surface area contributed by atoms with Crippen LogP contribution >= 0.6 is 11.6 Å². The Hall–Kier alpha value is -7.00. The first-order valence-corrected chi connectivity index (χ1v) is 21.8. The van der Waals surface area contributed by atoms with Crippen LogP contribution in [-0.4, -0.2) is 108 Å². The van der Waals surface area contributed by atoms with Crippen molar-refractivity contribution in [1.82, 2.24) is 25.0 Å². The molecule has 4 aromatic carbocycles. The fourth-order valence-corrected chi connectivity index (χ4v) is 8.75. The number of ether oxygens (including phenoxy) is 1. The second-order valence-electron chi connectivity index (χ2n) is 16.1. The maximum atomic E-state index is 13.6. The van der Waals surface area contributed by atoms with Crippen molar-refractivity contribution < 1.29 is 38.5 Å².